The Hall–Kier alpha value is -0.850. The average Bonchev–Trinajstić information content (AvgIpc) is 2.75. The number of hydrogen-bond donors (Lipinski definition) is 2. The molecule has 19 heavy (non-hydrogen) atoms. The van der Waals surface area contributed by atoms with Gasteiger partial charge in [0.15, 0.2) is 0 Å². The predicted molar refractivity (Wildman–Crippen MR) is 84.1 cm³/mol. The Morgan fingerprint density at radius 1 is 1.53 bits per heavy atom. The molecule has 100 valence electrons. The number of halogens is 1. The van der Waals surface area contributed by atoms with E-state index >= 15 is 0 Å². The normalized spacial score (nSPS) is 12.2. The molecule has 1 aromatic heterocycles. The molecule has 1 aromatic carbocycles. The number of aryl methyl sites for hydroxylation is 1. The van der Waals surface area contributed by atoms with Crippen molar-refractivity contribution in [1.29, 1.82) is 0 Å². The number of nitrogens with one attached hydrogen (secondary N) is 1. The lowest BCUT2D eigenvalue weighted by Gasteiger charge is -2.12. The van der Waals surface area contributed by atoms with Gasteiger partial charge in [0.1, 0.15) is 5.01 Å². The van der Waals surface area contributed by atoms with Crippen LogP contribution in [-0.4, -0.2) is 10.9 Å². The van der Waals surface area contributed by atoms with Crippen molar-refractivity contribution in [3.63, 3.8) is 0 Å². The fourth-order valence-electron chi connectivity index (χ4n) is 1.60. The third kappa shape index (κ3) is 3.58. The average molecular weight is 357 g/mol. The van der Waals surface area contributed by atoms with E-state index in [1.165, 1.54) is 0 Å². The van der Waals surface area contributed by atoms with Crippen LogP contribution < -0.4 is 5.32 Å². The summed E-state index contributed by atoms with van der Waals surface area (Å²) in [6, 6.07) is 5.27. The second-order valence-electron chi connectivity index (χ2n) is 4.18. The van der Waals surface area contributed by atoms with Gasteiger partial charge in [-0.2, -0.15) is 0 Å². The Morgan fingerprint density at radius 2 is 2.26 bits per heavy atom. The van der Waals surface area contributed by atoms with Crippen molar-refractivity contribution in [3.8, 4) is 0 Å². The monoisotopic (exact) mass is 356 g/mol. The first-order chi connectivity index (χ1) is 8.97. The van der Waals surface area contributed by atoms with Crippen LogP contribution in [0.1, 0.15) is 34.0 Å². The minimum atomic E-state index is -0.141. The molecule has 1 heterocycles. The van der Waals surface area contributed by atoms with Crippen LogP contribution in [0.4, 0.5) is 0 Å². The predicted octanol–water partition coefficient (Wildman–Crippen LogP) is 3.99. The standard InChI is InChI=1S/C13H13BrN2OS2/c1-7-6-19-13(15-7)8(2)16-12(17)10-4-3-9(14)5-11(10)18/h3-6,8,18H,1-2H3,(H,16,17). The van der Waals surface area contributed by atoms with Crippen molar-refractivity contribution in [2.75, 3.05) is 0 Å². The molecule has 0 aliphatic heterocycles. The van der Waals surface area contributed by atoms with Crippen LogP contribution >= 0.6 is 39.9 Å². The summed E-state index contributed by atoms with van der Waals surface area (Å²) in [7, 11) is 0. The second kappa shape index (κ2) is 6.07. The molecule has 1 unspecified atom stereocenters. The SMILES string of the molecule is Cc1csc(C(C)NC(=O)c2ccc(Br)cc2S)n1. The van der Waals surface area contributed by atoms with Gasteiger partial charge in [-0.3, -0.25) is 4.79 Å². The Bertz CT molecular complexity index is 612. The third-order valence-electron chi connectivity index (χ3n) is 2.56. The van der Waals surface area contributed by atoms with E-state index < -0.39 is 0 Å². The quantitative estimate of drug-likeness (QED) is 0.816. The fourth-order valence-corrected chi connectivity index (χ4v) is 3.26. The number of amides is 1. The summed E-state index contributed by atoms with van der Waals surface area (Å²) < 4.78 is 0.901. The summed E-state index contributed by atoms with van der Waals surface area (Å²) >= 11 is 9.21. The van der Waals surface area contributed by atoms with E-state index in [1.54, 1.807) is 23.5 Å². The molecule has 2 aromatic rings. The number of aromatic nitrogens is 1. The summed E-state index contributed by atoms with van der Waals surface area (Å²) in [6.07, 6.45) is 0. The number of rotatable bonds is 3. The van der Waals surface area contributed by atoms with Crippen LogP contribution in [0.2, 0.25) is 0 Å². The lowest BCUT2D eigenvalue weighted by Crippen LogP contribution is -2.26. The van der Waals surface area contributed by atoms with Gasteiger partial charge in [0.25, 0.3) is 5.91 Å². The molecule has 0 fully saturated rings. The van der Waals surface area contributed by atoms with Gasteiger partial charge in [-0.1, -0.05) is 15.9 Å². The maximum Gasteiger partial charge on any atom is 0.252 e. The molecule has 0 aliphatic carbocycles. The molecule has 3 nitrogen and oxygen atoms in total. The van der Waals surface area contributed by atoms with Gasteiger partial charge in [-0.05, 0) is 32.0 Å². The van der Waals surface area contributed by atoms with E-state index in [2.05, 4.69) is 38.9 Å². The Kier molecular flexibility index (Phi) is 4.65. The van der Waals surface area contributed by atoms with Gasteiger partial charge in [0, 0.05) is 20.4 Å². The number of nitrogens with zero attached hydrogens (tertiary/aromatic N) is 1. The van der Waals surface area contributed by atoms with Crippen molar-refractivity contribution in [3.05, 3.63) is 44.3 Å². The number of thiazole rings is 1. The number of carbonyl (C=O) groups excluding carboxylic acids is 1. The number of hydrogen-bond acceptors (Lipinski definition) is 4. The van der Waals surface area contributed by atoms with Crippen LogP contribution in [0.25, 0.3) is 0 Å². The molecule has 0 saturated heterocycles. The molecular weight excluding hydrogens is 344 g/mol. The lowest BCUT2D eigenvalue weighted by atomic mass is 10.2. The number of benzene rings is 1. The van der Waals surface area contributed by atoms with Gasteiger partial charge < -0.3 is 5.32 Å². The first-order valence-electron chi connectivity index (χ1n) is 5.69. The van der Waals surface area contributed by atoms with E-state index in [9.17, 15) is 4.79 Å². The van der Waals surface area contributed by atoms with Gasteiger partial charge in [-0.15, -0.1) is 24.0 Å². The number of thiol groups is 1. The van der Waals surface area contributed by atoms with Gasteiger partial charge >= 0.3 is 0 Å². The third-order valence-corrected chi connectivity index (χ3v) is 4.57. The van der Waals surface area contributed by atoms with Crippen molar-refractivity contribution in [2.45, 2.75) is 24.8 Å². The topological polar surface area (TPSA) is 42.0 Å². The smallest absolute Gasteiger partial charge is 0.252 e. The zero-order chi connectivity index (χ0) is 14.0. The molecule has 6 heteroatoms. The summed E-state index contributed by atoms with van der Waals surface area (Å²) in [5.74, 6) is -0.141. The van der Waals surface area contributed by atoms with Crippen LogP contribution in [-0.2, 0) is 0 Å². The zero-order valence-corrected chi connectivity index (χ0v) is 13.8. The lowest BCUT2D eigenvalue weighted by molar-refractivity contribution is 0.0937. The molecule has 1 atom stereocenters. The van der Waals surface area contributed by atoms with Crippen molar-refractivity contribution >= 4 is 45.8 Å². The second-order valence-corrected chi connectivity index (χ2v) is 6.47. The highest BCUT2D eigenvalue weighted by atomic mass is 79.9. The molecule has 0 spiro atoms. The number of carbonyl (C=O) groups is 1. The van der Waals surface area contributed by atoms with Gasteiger partial charge in [0.05, 0.1) is 11.6 Å². The highest BCUT2D eigenvalue weighted by Crippen LogP contribution is 2.22. The summed E-state index contributed by atoms with van der Waals surface area (Å²) in [4.78, 5) is 17.2. The molecule has 1 amide bonds. The highest BCUT2D eigenvalue weighted by molar-refractivity contribution is 9.10. The summed E-state index contributed by atoms with van der Waals surface area (Å²) in [5, 5.41) is 5.81. The largest absolute Gasteiger partial charge is 0.343 e. The van der Waals surface area contributed by atoms with Crippen molar-refractivity contribution in [2.24, 2.45) is 0 Å². The minimum absolute atomic E-state index is 0.109. The molecular formula is C13H13BrN2OS2. The van der Waals surface area contributed by atoms with Gasteiger partial charge in [-0.25, -0.2) is 4.98 Å². The molecule has 0 aliphatic rings. The van der Waals surface area contributed by atoms with E-state index in [-0.39, 0.29) is 11.9 Å². The Morgan fingerprint density at radius 3 is 2.84 bits per heavy atom. The molecule has 0 radical (unpaired) electrons. The van der Waals surface area contributed by atoms with Crippen LogP contribution in [0.15, 0.2) is 32.9 Å². The van der Waals surface area contributed by atoms with Crippen LogP contribution in [0, 0.1) is 6.92 Å². The summed E-state index contributed by atoms with van der Waals surface area (Å²) in [5.41, 5.74) is 1.53. The molecule has 0 saturated carbocycles. The van der Waals surface area contributed by atoms with E-state index in [1.807, 2.05) is 25.3 Å². The highest BCUT2D eigenvalue weighted by Gasteiger charge is 2.15. The van der Waals surface area contributed by atoms with Crippen molar-refractivity contribution in [1.82, 2.24) is 10.3 Å². The molecule has 0 bridgehead atoms. The Labute approximate surface area is 130 Å². The van der Waals surface area contributed by atoms with Crippen LogP contribution in [0.3, 0.4) is 0 Å². The van der Waals surface area contributed by atoms with Crippen molar-refractivity contribution < 1.29 is 4.79 Å². The minimum Gasteiger partial charge on any atom is -0.343 e. The van der Waals surface area contributed by atoms with E-state index in [4.69, 9.17) is 0 Å². The Balaban J connectivity index is 2.12. The first-order valence-corrected chi connectivity index (χ1v) is 7.81. The first kappa shape index (κ1) is 14.6. The van der Waals surface area contributed by atoms with E-state index in [0.29, 0.717) is 10.5 Å². The molecule has 2 rings (SSSR count). The zero-order valence-electron chi connectivity index (χ0n) is 10.5. The summed E-state index contributed by atoms with van der Waals surface area (Å²) in [6.45, 7) is 3.86. The van der Waals surface area contributed by atoms with Crippen LogP contribution in [0.5, 0.6) is 0 Å². The van der Waals surface area contributed by atoms with E-state index in [0.717, 1.165) is 15.2 Å². The maximum absolute atomic E-state index is 12.2. The fraction of sp³-hybridized carbons (Fsp3) is 0.231. The maximum atomic E-state index is 12.2. The van der Waals surface area contributed by atoms with Gasteiger partial charge in [0.2, 0.25) is 0 Å². The molecule has 1 N–H and O–H groups in total.